The van der Waals surface area contributed by atoms with Crippen molar-refractivity contribution in [3.8, 4) is 90.1 Å². The third kappa shape index (κ3) is 28.3. The van der Waals surface area contributed by atoms with Crippen molar-refractivity contribution in [3.63, 3.8) is 0 Å². The SMILES string of the molecule is [2H]C([2H])([2H])c1ccc(-c2[c-]ccc3c2sc2c([Si](C)(C)C)cccc23)nc1.[2H]C([2H])([2H])c1ccc(-c2[c-]ccc3c2sc2cc([Si](C)(C)C)ccc23)nc1.[2H]C([2H])([2H])c1ccc(-c2[c-]ccc3c2sc2ccc([Si](C)(C)C)cc23)nc1.[2H]C([2H])([2H])c1ccc(-c2[c-]ccc3c2sc2cccc([Si](C)(C)C)c23)nc1.[Ir].[Ir].[Ir].[Ir].[c-]1ccccc1-c1ccccn1.[c-]1ccccc1-c1ccccn1.[c-]1ccccc1-c1ccccn1.[c-]1ccccc1-c1ccccn1. The van der Waals surface area contributed by atoms with Gasteiger partial charge in [-0.15, -0.1) is 239 Å². The van der Waals surface area contributed by atoms with Gasteiger partial charge < -0.3 is 39.9 Å². The second kappa shape index (κ2) is 52.1. The van der Waals surface area contributed by atoms with Gasteiger partial charge in [-0.25, -0.2) is 0 Å². The molecule has 4 radical (unpaired) electrons. The van der Waals surface area contributed by atoms with Crippen LogP contribution in [0.4, 0.5) is 0 Å². The van der Waals surface area contributed by atoms with E-state index in [9.17, 15) is 0 Å². The summed E-state index contributed by atoms with van der Waals surface area (Å²) >= 11 is 7.07. The van der Waals surface area contributed by atoms with Gasteiger partial charge in [-0.05, 0) is 183 Å². The predicted molar refractivity (Wildman–Crippen MR) is 630 cm³/mol. The molecule has 148 heavy (non-hydrogen) atoms. The average molecular weight is 2780 g/mol. The van der Waals surface area contributed by atoms with E-state index in [4.69, 9.17) is 16.4 Å². The minimum absolute atomic E-state index is 0. The van der Waals surface area contributed by atoms with E-state index in [-0.39, 0.29) is 103 Å². The topological polar surface area (TPSA) is 103 Å². The molecular weight excluding hydrogens is 2660 g/mol. The Bertz CT molecular complexity index is 8340. The number of pyridine rings is 8. The summed E-state index contributed by atoms with van der Waals surface area (Å²) in [5.74, 6) is 0. The first-order valence-electron chi connectivity index (χ1n) is 53.4. The van der Waals surface area contributed by atoms with Gasteiger partial charge in [0.15, 0.2) is 0 Å². The normalized spacial score (nSPS) is 12.6. The maximum absolute atomic E-state index is 7.53. The van der Waals surface area contributed by atoms with Gasteiger partial charge in [0.25, 0.3) is 0 Å². The summed E-state index contributed by atoms with van der Waals surface area (Å²) in [6.45, 7) is 19.8. The van der Waals surface area contributed by atoms with Crippen LogP contribution >= 0.6 is 45.3 Å². The minimum Gasteiger partial charge on any atom is -0.305 e. The Morgan fingerprint density at radius 1 is 0.216 bits per heavy atom. The van der Waals surface area contributed by atoms with Crippen LogP contribution in [0.5, 0.6) is 0 Å². The van der Waals surface area contributed by atoms with Gasteiger partial charge in [0.2, 0.25) is 0 Å². The van der Waals surface area contributed by atoms with Crippen LogP contribution in [0, 0.1) is 75.9 Å². The van der Waals surface area contributed by atoms with Crippen LogP contribution < -0.4 is 20.7 Å². The summed E-state index contributed by atoms with van der Waals surface area (Å²) in [6, 6.07) is 137. The molecule has 8 nitrogen and oxygen atoms in total. The van der Waals surface area contributed by atoms with Crippen molar-refractivity contribution in [3.05, 3.63) is 460 Å². The second-order valence-electron chi connectivity index (χ2n) is 38.3. The van der Waals surface area contributed by atoms with E-state index < -0.39 is 59.7 Å². The molecule has 0 saturated carbocycles. The molecule has 0 aliphatic rings. The minimum atomic E-state index is -2.13. The summed E-state index contributed by atoms with van der Waals surface area (Å²) in [5.41, 5.74) is 15.8. The van der Waals surface area contributed by atoms with Crippen LogP contribution in [0.1, 0.15) is 38.7 Å². The van der Waals surface area contributed by atoms with Crippen molar-refractivity contribution < 1.29 is 96.9 Å². The van der Waals surface area contributed by atoms with Gasteiger partial charge in [0.05, 0.1) is 32.3 Å². The molecule has 0 fully saturated rings. The number of aromatic nitrogens is 8. The van der Waals surface area contributed by atoms with Crippen molar-refractivity contribution in [2.24, 2.45) is 0 Å². The van der Waals surface area contributed by atoms with Gasteiger partial charge in [-0.2, -0.15) is 45.3 Å². The third-order valence-electron chi connectivity index (χ3n) is 23.8. The third-order valence-corrected chi connectivity index (χ3v) is 37.0. The van der Waals surface area contributed by atoms with Crippen LogP contribution in [-0.4, -0.2) is 72.2 Å². The molecule has 24 rings (SSSR count). The Morgan fingerprint density at radius 3 is 0.892 bits per heavy atom. The Hall–Kier alpha value is -11.8. The molecule has 0 aliphatic heterocycles. The van der Waals surface area contributed by atoms with E-state index in [1.54, 1.807) is 119 Å². The van der Waals surface area contributed by atoms with Gasteiger partial charge in [-0.1, -0.05) is 267 Å². The zero-order chi connectivity index (χ0) is 110. The summed E-state index contributed by atoms with van der Waals surface area (Å²) in [4.78, 5) is 34.6. The van der Waals surface area contributed by atoms with Crippen LogP contribution in [-0.2, 0) is 80.4 Å². The van der Waals surface area contributed by atoms with Crippen molar-refractivity contribution >= 4 is 179 Å². The van der Waals surface area contributed by atoms with Gasteiger partial charge >= 0.3 is 0 Å². The van der Waals surface area contributed by atoms with Crippen molar-refractivity contribution in [1.82, 2.24) is 39.9 Å². The zero-order valence-corrected chi connectivity index (χ0v) is 100. The van der Waals surface area contributed by atoms with E-state index in [0.29, 0.717) is 0 Å². The molecule has 12 aromatic carbocycles. The molecule has 0 N–H and O–H groups in total. The molecule has 0 unspecified atom stereocenters. The largest absolute Gasteiger partial charge is 0.305 e. The number of rotatable bonds is 12. The first kappa shape index (κ1) is 97.0. The fourth-order valence-corrected chi connectivity index (χ4v) is 27.9. The zero-order valence-electron chi connectivity index (χ0n) is 95.5. The second-order valence-corrected chi connectivity index (χ2v) is 62.7. The van der Waals surface area contributed by atoms with E-state index in [1.807, 2.05) is 194 Å². The fraction of sp³-hybridized carbons (Fsp3) is 0.125. The molecule has 0 amide bonds. The van der Waals surface area contributed by atoms with E-state index in [0.717, 1.165) is 109 Å². The molecule has 0 aliphatic carbocycles. The van der Waals surface area contributed by atoms with Crippen LogP contribution in [0.2, 0.25) is 78.6 Å². The maximum Gasteiger partial charge on any atom is 0.0794 e. The van der Waals surface area contributed by atoms with Crippen LogP contribution in [0.3, 0.4) is 0 Å². The quantitative estimate of drug-likeness (QED) is 0.0880. The smallest absolute Gasteiger partial charge is 0.0794 e. The standard InChI is InChI=1S/4C21H20NSSi.4C11H8N.4Ir/c1-14-11-12-18(22-13-14)17-9-5-7-15-16-8-6-10-19(24(2,3)4)21(16)23-20(15)17;1-14-11-12-17(22-13-14)15-7-5-8-16-20-18(23-21(15)16)9-6-10-19(20)24(2,3)4;1-14-8-11-19(22-13-14)18-7-5-6-17-16-10-9-15(24(2,3)4)12-20(16)23-21(17)18;1-14-8-10-19(22-13-14)17-7-5-6-16-18-12-15(24(2,3)4)9-11-20(18)23-21(16)17;4*1-2-6-10(7-3-1)11-8-4-5-9-12-11;;;;/h5-8,10-13H,1-4H3;3*5-6,8-13H,1-4H3;4*1-6,8-9H;;;;/q8*-1;;;;/i4*1D3;;;;;;;;. The molecule has 20 heteroatoms. The van der Waals surface area contributed by atoms with E-state index in [2.05, 4.69) is 264 Å². The van der Waals surface area contributed by atoms with Crippen molar-refractivity contribution in [1.29, 1.82) is 0 Å². The predicted octanol–water partition coefficient (Wildman–Crippen LogP) is 33.3. The first-order valence-corrected chi connectivity index (χ1v) is 64.6. The fourth-order valence-electron chi connectivity index (χ4n) is 16.4. The number of hydrogen-bond acceptors (Lipinski definition) is 12. The van der Waals surface area contributed by atoms with Gasteiger partial charge in [0, 0.05) is 165 Å². The summed E-state index contributed by atoms with van der Waals surface area (Å²) in [7, 11) is -5.70. The van der Waals surface area contributed by atoms with Crippen molar-refractivity contribution in [2.45, 2.75) is 106 Å². The number of hydrogen-bond donors (Lipinski definition) is 0. The van der Waals surface area contributed by atoms with Crippen molar-refractivity contribution in [2.75, 3.05) is 0 Å². The molecule has 12 heterocycles. The average Bonchev–Trinajstić information content (AvgIpc) is 1.65. The summed E-state index contributed by atoms with van der Waals surface area (Å²) < 4.78 is 100. The number of fused-ring (bicyclic) bond motifs is 12. The molecular formula is C128H112Ir4N8S4Si4-8. The molecule has 0 atom stereocenters. The molecule has 12 aromatic heterocycles. The molecule has 0 spiro atoms. The number of aryl methyl sites for hydroxylation is 4. The first-order chi connectivity index (χ1) is 74.5. The number of thiophene rings is 4. The summed E-state index contributed by atoms with van der Waals surface area (Å²) in [5, 5.41) is 15.9. The van der Waals surface area contributed by atoms with Crippen LogP contribution in [0.15, 0.2) is 389 Å². The van der Waals surface area contributed by atoms with E-state index in [1.165, 1.54) is 107 Å². The molecule has 748 valence electrons. The number of nitrogens with zero attached hydrogens (tertiary/aromatic N) is 8. The summed E-state index contributed by atoms with van der Waals surface area (Å²) in [6.07, 6.45) is 13.0. The Kier molecular flexibility index (Phi) is 34.1. The molecule has 0 bridgehead atoms. The van der Waals surface area contributed by atoms with E-state index >= 15 is 0 Å². The monoisotopic (exact) mass is 2780 g/mol. The Morgan fingerprint density at radius 2 is 0.541 bits per heavy atom. The van der Waals surface area contributed by atoms with Gasteiger partial charge in [-0.3, -0.25) is 0 Å². The van der Waals surface area contributed by atoms with Gasteiger partial charge in [0.1, 0.15) is 0 Å². The molecule has 0 saturated heterocycles. The van der Waals surface area contributed by atoms with Crippen LogP contribution in [0.25, 0.3) is 171 Å². The Labute approximate surface area is 962 Å². The maximum atomic E-state index is 7.53. The number of benzene rings is 12. The molecule has 24 aromatic rings. The Balaban J connectivity index is 0.000000154.